The largest absolute Gasteiger partial charge is 0.464 e. The molecule has 166 valence electrons. The first-order valence-electron chi connectivity index (χ1n) is 11.5. The van der Waals surface area contributed by atoms with E-state index in [9.17, 15) is 9.59 Å². The lowest BCUT2D eigenvalue weighted by molar-refractivity contribution is -0.131. The molecule has 2 amide bonds. The summed E-state index contributed by atoms with van der Waals surface area (Å²) in [7, 11) is 0. The Morgan fingerprint density at radius 1 is 0.969 bits per heavy atom. The van der Waals surface area contributed by atoms with E-state index in [4.69, 9.17) is 4.42 Å². The van der Waals surface area contributed by atoms with Crippen molar-refractivity contribution in [1.29, 1.82) is 0 Å². The van der Waals surface area contributed by atoms with Gasteiger partial charge in [-0.2, -0.15) is 0 Å². The Labute approximate surface area is 188 Å². The van der Waals surface area contributed by atoms with Gasteiger partial charge in [0.05, 0.1) is 12.7 Å². The van der Waals surface area contributed by atoms with Crippen LogP contribution in [-0.2, 0) is 28.9 Å². The Morgan fingerprint density at radius 2 is 1.72 bits per heavy atom. The molecule has 2 aliphatic rings. The number of hydrogen-bond donors (Lipinski definition) is 1. The minimum absolute atomic E-state index is 0.0742. The number of carbonyl (C=O) groups is 2. The zero-order chi connectivity index (χ0) is 21.9. The number of furan rings is 1. The standard InChI is InChI=1S/C26H29N3O3/c30-25(17-21-18-32-24-16-20-6-4-5-19(20)15-23(21)24)27-10-9-26(31)29-13-11-28(12-14-29)22-7-2-1-3-8-22/h1-3,7-8,15-16,18H,4-6,9-14,17H2,(H,27,30). The third-order valence-electron chi connectivity index (χ3n) is 6.63. The summed E-state index contributed by atoms with van der Waals surface area (Å²) >= 11 is 0. The van der Waals surface area contributed by atoms with Crippen LogP contribution in [0.25, 0.3) is 11.0 Å². The first-order valence-corrected chi connectivity index (χ1v) is 11.5. The molecule has 1 N–H and O–H groups in total. The Bertz CT molecular complexity index is 1110. The lowest BCUT2D eigenvalue weighted by Gasteiger charge is -2.36. The summed E-state index contributed by atoms with van der Waals surface area (Å²) in [5, 5.41) is 3.94. The molecule has 32 heavy (non-hydrogen) atoms. The number of carbonyl (C=O) groups excluding carboxylic acids is 2. The summed E-state index contributed by atoms with van der Waals surface area (Å²) in [5.41, 5.74) is 5.71. The second-order valence-electron chi connectivity index (χ2n) is 8.71. The highest BCUT2D eigenvalue weighted by Gasteiger charge is 2.21. The molecule has 5 rings (SSSR count). The molecule has 1 fully saturated rings. The number of rotatable bonds is 6. The number of fused-ring (bicyclic) bond motifs is 2. The van der Waals surface area contributed by atoms with E-state index in [2.05, 4.69) is 34.5 Å². The fourth-order valence-electron chi connectivity index (χ4n) is 4.84. The SMILES string of the molecule is O=C(Cc1coc2cc3c(cc12)CCC3)NCCC(=O)N1CCN(c2ccccc2)CC1. The predicted octanol–water partition coefficient (Wildman–Crippen LogP) is 3.32. The van der Waals surface area contributed by atoms with Gasteiger partial charge in [0.1, 0.15) is 5.58 Å². The monoisotopic (exact) mass is 431 g/mol. The van der Waals surface area contributed by atoms with E-state index in [-0.39, 0.29) is 18.2 Å². The molecule has 6 nitrogen and oxygen atoms in total. The van der Waals surface area contributed by atoms with E-state index < -0.39 is 0 Å². The Morgan fingerprint density at radius 3 is 2.50 bits per heavy atom. The highest BCUT2D eigenvalue weighted by Crippen LogP contribution is 2.30. The van der Waals surface area contributed by atoms with Gasteiger partial charge in [0, 0.05) is 55.8 Å². The lowest BCUT2D eigenvalue weighted by Crippen LogP contribution is -2.49. The van der Waals surface area contributed by atoms with Gasteiger partial charge in [-0.1, -0.05) is 18.2 Å². The van der Waals surface area contributed by atoms with Crippen molar-refractivity contribution in [3.05, 3.63) is 65.4 Å². The molecule has 0 atom stereocenters. The van der Waals surface area contributed by atoms with E-state index in [0.29, 0.717) is 26.1 Å². The maximum atomic E-state index is 12.6. The minimum atomic E-state index is -0.0742. The zero-order valence-electron chi connectivity index (χ0n) is 18.3. The summed E-state index contributed by atoms with van der Waals surface area (Å²) in [6.07, 6.45) is 5.69. The molecule has 3 aromatic rings. The molecule has 2 aromatic carbocycles. The Balaban J connectivity index is 1.08. The number of anilines is 1. The number of nitrogens with one attached hydrogen (secondary N) is 1. The molecule has 1 aliphatic carbocycles. The second-order valence-corrected chi connectivity index (χ2v) is 8.71. The number of aryl methyl sites for hydroxylation is 2. The molecule has 0 bridgehead atoms. The van der Waals surface area contributed by atoms with Crippen LogP contribution in [0.15, 0.2) is 53.1 Å². The first-order chi connectivity index (χ1) is 15.7. The van der Waals surface area contributed by atoms with Crippen LogP contribution in [0, 0.1) is 0 Å². The zero-order valence-corrected chi connectivity index (χ0v) is 18.3. The number of piperazine rings is 1. The van der Waals surface area contributed by atoms with Crippen LogP contribution in [0.2, 0.25) is 0 Å². The number of amides is 2. The molecule has 1 aromatic heterocycles. The summed E-state index contributed by atoms with van der Waals surface area (Å²) in [6, 6.07) is 14.6. The lowest BCUT2D eigenvalue weighted by atomic mass is 10.0. The van der Waals surface area contributed by atoms with Crippen LogP contribution >= 0.6 is 0 Å². The second kappa shape index (κ2) is 9.07. The van der Waals surface area contributed by atoms with Gasteiger partial charge in [-0.3, -0.25) is 9.59 Å². The molecule has 0 unspecified atom stereocenters. The summed E-state index contributed by atoms with van der Waals surface area (Å²) < 4.78 is 5.69. The maximum Gasteiger partial charge on any atom is 0.224 e. The van der Waals surface area contributed by atoms with Crippen LogP contribution in [0.5, 0.6) is 0 Å². The number of nitrogens with zero attached hydrogens (tertiary/aromatic N) is 2. The normalized spacial score (nSPS) is 15.8. The van der Waals surface area contributed by atoms with Gasteiger partial charge in [-0.05, 0) is 54.7 Å². The van der Waals surface area contributed by atoms with Gasteiger partial charge >= 0.3 is 0 Å². The van der Waals surface area contributed by atoms with Crippen molar-refractivity contribution >= 4 is 28.5 Å². The quantitative estimate of drug-likeness (QED) is 0.650. The van der Waals surface area contributed by atoms with Crippen LogP contribution < -0.4 is 10.2 Å². The molecule has 6 heteroatoms. The van der Waals surface area contributed by atoms with Crippen molar-refractivity contribution in [3.63, 3.8) is 0 Å². The topological polar surface area (TPSA) is 65.8 Å². The molecule has 1 aliphatic heterocycles. The van der Waals surface area contributed by atoms with E-state index in [1.165, 1.54) is 23.2 Å². The average Bonchev–Trinajstić information content (AvgIpc) is 3.44. The molecule has 1 saturated heterocycles. The highest BCUT2D eigenvalue weighted by atomic mass is 16.3. The first kappa shape index (κ1) is 20.6. The predicted molar refractivity (Wildman–Crippen MR) is 125 cm³/mol. The molecule has 0 saturated carbocycles. The number of hydrogen-bond acceptors (Lipinski definition) is 4. The van der Waals surface area contributed by atoms with Crippen LogP contribution in [0.1, 0.15) is 29.5 Å². The Kier molecular flexibility index (Phi) is 5.84. The summed E-state index contributed by atoms with van der Waals surface area (Å²) in [6.45, 7) is 3.46. The van der Waals surface area contributed by atoms with Gasteiger partial charge in [0.15, 0.2) is 0 Å². The smallest absolute Gasteiger partial charge is 0.224 e. The summed E-state index contributed by atoms with van der Waals surface area (Å²) in [4.78, 5) is 29.2. The summed E-state index contributed by atoms with van der Waals surface area (Å²) in [5.74, 6) is 0.0252. The van der Waals surface area contributed by atoms with Crippen molar-refractivity contribution < 1.29 is 14.0 Å². The molecule has 0 spiro atoms. The van der Waals surface area contributed by atoms with E-state index >= 15 is 0 Å². The van der Waals surface area contributed by atoms with Crippen molar-refractivity contribution in [2.45, 2.75) is 32.1 Å². The maximum absolute atomic E-state index is 12.6. The van der Waals surface area contributed by atoms with Gasteiger partial charge in [0.25, 0.3) is 0 Å². The number of para-hydroxylation sites is 1. The number of benzene rings is 2. The van der Waals surface area contributed by atoms with Crippen molar-refractivity contribution in [3.8, 4) is 0 Å². The van der Waals surface area contributed by atoms with Gasteiger partial charge in [-0.25, -0.2) is 0 Å². The van der Waals surface area contributed by atoms with E-state index in [0.717, 1.165) is 42.5 Å². The van der Waals surface area contributed by atoms with Crippen LogP contribution in [0.3, 0.4) is 0 Å². The van der Waals surface area contributed by atoms with Gasteiger partial charge < -0.3 is 19.5 Å². The molecular formula is C26H29N3O3. The average molecular weight is 432 g/mol. The third kappa shape index (κ3) is 4.35. The molecule has 2 heterocycles. The fourth-order valence-corrected chi connectivity index (χ4v) is 4.84. The molecule has 0 radical (unpaired) electrons. The van der Waals surface area contributed by atoms with Crippen LogP contribution in [-0.4, -0.2) is 49.4 Å². The van der Waals surface area contributed by atoms with E-state index in [1.807, 2.05) is 23.1 Å². The van der Waals surface area contributed by atoms with Crippen LogP contribution in [0.4, 0.5) is 5.69 Å². The van der Waals surface area contributed by atoms with Crippen molar-refractivity contribution in [2.75, 3.05) is 37.6 Å². The fraction of sp³-hybridized carbons (Fsp3) is 0.385. The van der Waals surface area contributed by atoms with Gasteiger partial charge in [0.2, 0.25) is 11.8 Å². The third-order valence-corrected chi connectivity index (χ3v) is 6.63. The van der Waals surface area contributed by atoms with Crippen molar-refractivity contribution in [2.24, 2.45) is 0 Å². The van der Waals surface area contributed by atoms with Crippen molar-refractivity contribution in [1.82, 2.24) is 10.2 Å². The molecular weight excluding hydrogens is 402 g/mol. The minimum Gasteiger partial charge on any atom is -0.464 e. The van der Waals surface area contributed by atoms with Gasteiger partial charge in [-0.15, -0.1) is 0 Å². The Hall–Kier alpha value is -3.28. The van der Waals surface area contributed by atoms with E-state index in [1.54, 1.807) is 6.26 Å². The highest BCUT2D eigenvalue weighted by molar-refractivity contribution is 5.89.